The van der Waals surface area contributed by atoms with Gasteiger partial charge >= 0.3 is 0 Å². The SMILES string of the molecule is COP(CC(=O)CCCCc1ccc2c(n1)NCCCC2)OC. The van der Waals surface area contributed by atoms with Crippen LogP contribution in [-0.4, -0.2) is 37.7 Å². The lowest BCUT2D eigenvalue weighted by Crippen LogP contribution is -2.06. The molecule has 0 radical (unpaired) electrons. The van der Waals surface area contributed by atoms with Crippen LogP contribution in [-0.2, 0) is 26.7 Å². The molecule has 0 amide bonds. The molecule has 0 aromatic carbocycles. The first kappa shape index (κ1) is 18.3. The molecule has 128 valence electrons. The summed E-state index contributed by atoms with van der Waals surface area (Å²) < 4.78 is 10.2. The van der Waals surface area contributed by atoms with Gasteiger partial charge in [-0.1, -0.05) is 6.07 Å². The zero-order chi connectivity index (χ0) is 16.5. The number of nitrogens with zero attached hydrogens (tertiary/aromatic N) is 1. The van der Waals surface area contributed by atoms with E-state index in [2.05, 4.69) is 17.4 Å². The van der Waals surface area contributed by atoms with Crippen molar-refractivity contribution in [3.63, 3.8) is 0 Å². The van der Waals surface area contributed by atoms with E-state index in [1.165, 1.54) is 18.4 Å². The highest BCUT2D eigenvalue weighted by Gasteiger charge is 2.13. The van der Waals surface area contributed by atoms with Gasteiger partial charge in [0.15, 0.2) is 8.38 Å². The Hall–Kier alpha value is -1.03. The van der Waals surface area contributed by atoms with Crippen molar-refractivity contribution in [1.29, 1.82) is 0 Å². The standard InChI is InChI=1S/C17H27N2O3P/c1-21-23(22-2)13-16(20)9-4-3-8-15-11-10-14-7-5-6-12-18-17(14)19-15/h10-11H,3-9,12-13H2,1-2H3,(H,18,19). The lowest BCUT2D eigenvalue weighted by Gasteiger charge is -2.11. The summed E-state index contributed by atoms with van der Waals surface area (Å²) in [5.41, 5.74) is 2.44. The van der Waals surface area contributed by atoms with Gasteiger partial charge in [-0.05, 0) is 50.2 Å². The van der Waals surface area contributed by atoms with Gasteiger partial charge in [-0.2, -0.15) is 0 Å². The van der Waals surface area contributed by atoms with Crippen molar-refractivity contribution in [3.05, 3.63) is 23.4 Å². The first-order chi connectivity index (χ1) is 11.2. The molecule has 0 saturated carbocycles. The summed E-state index contributed by atoms with van der Waals surface area (Å²) in [5.74, 6) is 1.28. The third-order valence-electron chi connectivity index (χ3n) is 4.05. The summed E-state index contributed by atoms with van der Waals surface area (Å²) in [7, 11) is 2.13. The van der Waals surface area contributed by atoms with Crippen LogP contribution in [0.4, 0.5) is 5.82 Å². The molecular weight excluding hydrogens is 311 g/mol. The van der Waals surface area contributed by atoms with E-state index in [0.29, 0.717) is 12.6 Å². The van der Waals surface area contributed by atoms with Gasteiger partial charge in [-0.25, -0.2) is 4.98 Å². The predicted molar refractivity (Wildman–Crippen MR) is 94.0 cm³/mol. The number of Topliss-reactive ketones (excluding diaryl/α,β-unsaturated/α-hetero) is 1. The maximum Gasteiger partial charge on any atom is 0.177 e. The van der Waals surface area contributed by atoms with Gasteiger partial charge < -0.3 is 14.4 Å². The van der Waals surface area contributed by atoms with Crippen molar-refractivity contribution in [2.75, 3.05) is 32.2 Å². The molecule has 2 rings (SSSR count). The Morgan fingerprint density at radius 1 is 1.26 bits per heavy atom. The molecule has 5 nitrogen and oxygen atoms in total. The summed E-state index contributed by atoms with van der Waals surface area (Å²) in [4.78, 5) is 16.6. The van der Waals surface area contributed by atoms with E-state index in [9.17, 15) is 4.79 Å². The van der Waals surface area contributed by atoms with Crippen LogP contribution in [0.5, 0.6) is 0 Å². The number of unbranched alkanes of at least 4 members (excludes halogenated alkanes) is 1. The maximum absolute atomic E-state index is 11.8. The van der Waals surface area contributed by atoms with Gasteiger partial charge in [0.05, 0.1) is 6.16 Å². The first-order valence-electron chi connectivity index (χ1n) is 8.33. The second kappa shape index (κ2) is 9.96. The summed E-state index contributed by atoms with van der Waals surface area (Å²) in [6, 6.07) is 4.33. The van der Waals surface area contributed by atoms with Crippen LogP contribution in [0.25, 0.3) is 0 Å². The van der Waals surface area contributed by atoms with Gasteiger partial charge in [0.2, 0.25) is 0 Å². The predicted octanol–water partition coefficient (Wildman–Crippen LogP) is 3.72. The minimum absolute atomic E-state index is 0.219. The van der Waals surface area contributed by atoms with Crippen molar-refractivity contribution in [2.45, 2.75) is 44.9 Å². The van der Waals surface area contributed by atoms with Crippen LogP contribution in [0.3, 0.4) is 0 Å². The number of ketones is 1. The lowest BCUT2D eigenvalue weighted by atomic mass is 10.1. The Balaban J connectivity index is 1.72. The van der Waals surface area contributed by atoms with Crippen molar-refractivity contribution in [2.24, 2.45) is 0 Å². The molecule has 6 heteroatoms. The van der Waals surface area contributed by atoms with E-state index in [-0.39, 0.29) is 5.78 Å². The van der Waals surface area contributed by atoms with E-state index < -0.39 is 8.38 Å². The molecule has 1 aliphatic heterocycles. The van der Waals surface area contributed by atoms with Gasteiger partial charge in [0, 0.05) is 32.9 Å². The van der Waals surface area contributed by atoms with Crippen molar-refractivity contribution >= 4 is 20.0 Å². The number of aromatic nitrogens is 1. The molecule has 0 bridgehead atoms. The van der Waals surface area contributed by atoms with Crippen LogP contribution < -0.4 is 5.32 Å². The van der Waals surface area contributed by atoms with Crippen molar-refractivity contribution in [1.82, 2.24) is 4.98 Å². The highest BCUT2D eigenvalue weighted by molar-refractivity contribution is 7.48. The zero-order valence-electron chi connectivity index (χ0n) is 14.1. The molecule has 1 aromatic heterocycles. The maximum atomic E-state index is 11.8. The number of nitrogens with one attached hydrogen (secondary N) is 1. The van der Waals surface area contributed by atoms with E-state index in [1.54, 1.807) is 14.2 Å². The number of fused-ring (bicyclic) bond motifs is 1. The number of anilines is 1. The summed E-state index contributed by atoms with van der Waals surface area (Å²) >= 11 is 0. The van der Waals surface area contributed by atoms with Crippen LogP contribution in [0, 0.1) is 0 Å². The molecule has 0 fully saturated rings. The Bertz CT molecular complexity index is 507. The van der Waals surface area contributed by atoms with E-state index >= 15 is 0 Å². The molecule has 2 heterocycles. The monoisotopic (exact) mass is 338 g/mol. The van der Waals surface area contributed by atoms with Gasteiger partial charge in [0.1, 0.15) is 11.6 Å². The largest absolute Gasteiger partial charge is 0.370 e. The van der Waals surface area contributed by atoms with Crippen LogP contribution >= 0.6 is 8.38 Å². The number of hydrogen-bond acceptors (Lipinski definition) is 5. The number of pyridine rings is 1. The normalized spacial score (nSPS) is 14.2. The second-order valence-corrected chi connectivity index (χ2v) is 7.51. The van der Waals surface area contributed by atoms with Crippen molar-refractivity contribution < 1.29 is 13.8 Å². The third kappa shape index (κ3) is 6.17. The van der Waals surface area contributed by atoms with E-state index in [1.807, 2.05) is 0 Å². The first-order valence-corrected chi connectivity index (χ1v) is 9.69. The fourth-order valence-electron chi connectivity index (χ4n) is 2.72. The van der Waals surface area contributed by atoms with Crippen LogP contribution in [0.1, 0.15) is 43.4 Å². The Labute approximate surface area is 140 Å². The fourth-order valence-corrected chi connectivity index (χ4v) is 3.58. The molecule has 0 aliphatic carbocycles. The Morgan fingerprint density at radius 3 is 2.87 bits per heavy atom. The third-order valence-corrected chi connectivity index (χ3v) is 5.48. The molecule has 0 spiro atoms. The minimum Gasteiger partial charge on any atom is -0.370 e. The quantitative estimate of drug-likeness (QED) is 0.549. The summed E-state index contributed by atoms with van der Waals surface area (Å²) in [6.07, 6.45) is 7.33. The van der Waals surface area contributed by atoms with E-state index in [0.717, 1.165) is 43.7 Å². The second-order valence-electron chi connectivity index (χ2n) is 5.80. The minimum atomic E-state index is -1.04. The number of carbonyl (C=O) groups is 1. The van der Waals surface area contributed by atoms with Crippen molar-refractivity contribution in [3.8, 4) is 0 Å². The summed E-state index contributed by atoms with van der Waals surface area (Å²) in [5, 5.41) is 3.42. The fraction of sp³-hybridized carbons (Fsp3) is 0.647. The number of rotatable bonds is 9. The molecule has 0 saturated heterocycles. The smallest absolute Gasteiger partial charge is 0.177 e. The Morgan fingerprint density at radius 2 is 2.09 bits per heavy atom. The molecule has 1 aliphatic rings. The zero-order valence-corrected chi connectivity index (χ0v) is 15.0. The lowest BCUT2D eigenvalue weighted by molar-refractivity contribution is -0.116. The average Bonchev–Trinajstić information content (AvgIpc) is 2.81. The summed E-state index contributed by atoms with van der Waals surface area (Å²) in [6.45, 7) is 1.01. The molecule has 1 N–H and O–H groups in total. The van der Waals surface area contributed by atoms with Gasteiger partial charge in [-0.3, -0.25) is 4.79 Å². The Kier molecular flexibility index (Phi) is 7.93. The molecule has 0 atom stereocenters. The highest BCUT2D eigenvalue weighted by Crippen LogP contribution is 2.35. The van der Waals surface area contributed by atoms with Gasteiger partial charge in [0.25, 0.3) is 0 Å². The van der Waals surface area contributed by atoms with Crippen LogP contribution in [0.15, 0.2) is 12.1 Å². The molecule has 0 unspecified atom stereocenters. The van der Waals surface area contributed by atoms with Crippen LogP contribution in [0.2, 0.25) is 0 Å². The molecular formula is C17H27N2O3P. The topological polar surface area (TPSA) is 60.5 Å². The molecule has 23 heavy (non-hydrogen) atoms. The number of carbonyl (C=O) groups excluding carboxylic acids is 1. The number of aryl methyl sites for hydroxylation is 2. The molecule has 1 aromatic rings. The van der Waals surface area contributed by atoms with E-state index in [4.69, 9.17) is 14.0 Å². The van der Waals surface area contributed by atoms with Gasteiger partial charge in [-0.15, -0.1) is 0 Å². The highest BCUT2D eigenvalue weighted by atomic mass is 31.2. The number of hydrogen-bond donors (Lipinski definition) is 1. The average molecular weight is 338 g/mol.